The third kappa shape index (κ3) is 4.07. The molecule has 19 heavy (non-hydrogen) atoms. The van der Waals surface area contributed by atoms with Gasteiger partial charge in [-0.25, -0.2) is 4.39 Å². The lowest BCUT2D eigenvalue weighted by Gasteiger charge is -2.25. The van der Waals surface area contributed by atoms with Gasteiger partial charge in [0.2, 0.25) is 0 Å². The van der Waals surface area contributed by atoms with Gasteiger partial charge >= 0.3 is 0 Å². The van der Waals surface area contributed by atoms with Crippen molar-refractivity contribution in [2.75, 3.05) is 37.7 Å². The number of hydrogen-bond donors (Lipinski definition) is 0. The highest BCUT2D eigenvalue weighted by Gasteiger charge is 2.13. The molecule has 1 fully saturated rings. The molecule has 0 N–H and O–H groups in total. The molecule has 2 rings (SSSR count). The number of rotatable bonds is 5. The predicted octanol–water partition coefficient (Wildman–Crippen LogP) is 2.16. The maximum atomic E-state index is 13.5. The number of thioether (sulfide) groups is 1. The Kier molecular flexibility index (Phi) is 4.98. The van der Waals surface area contributed by atoms with E-state index in [2.05, 4.69) is 4.90 Å². The zero-order valence-electron chi connectivity index (χ0n) is 10.4. The predicted molar refractivity (Wildman–Crippen MR) is 72.3 cm³/mol. The number of nitro groups is 1. The van der Waals surface area contributed by atoms with E-state index >= 15 is 0 Å². The number of ether oxygens (including phenoxy) is 1. The Morgan fingerprint density at radius 3 is 2.79 bits per heavy atom. The lowest BCUT2D eigenvalue weighted by Crippen LogP contribution is -2.35. The zero-order chi connectivity index (χ0) is 13.7. The summed E-state index contributed by atoms with van der Waals surface area (Å²) in [6, 6.07) is 3.43. The Labute approximate surface area is 114 Å². The Bertz CT molecular complexity index is 453. The molecule has 0 spiro atoms. The van der Waals surface area contributed by atoms with E-state index in [4.69, 9.17) is 4.74 Å². The highest BCUT2D eigenvalue weighted by Crippen LogP contribution is 2.22. The monoisotopic (exact) mass is 286 g/mol. The molecule has 0 amide bonds. The van der Waals surface area contributed by atoms with Crippen molar-refractivity contribution in [2.45, 2.75) is 0 Å². The molecule has 7 heteroatoms. The van der Waals surface area contributed by atoms with E-state index in [1.165, 1.54) is 12.1 Å². The van der Waals surface area contributed by atoms with E-state index in [0.29, 0.717) is 6.61 Å². The van der Waals surface area contributed by atoms with E-state index in [1.54, 1.807) is 0 Å². The molecule has 0 atom stereocenters. The molecule has 1 aliphatic rings. The normalized spacial score (nSPS) is 16.3. The zero-order valence-corrected chi connectivity index (χ0v) is 11.2. The molecule has 104 valence electrons. The Hall–Kier alpha value is -1.34. The Morgan fingerprint density at radius 1 is 1.42 bits per heavy atom. The summed E-state index contributed by atoms with van der Waals surface area (Å²) in [4.78, 5) is 12.1. The average molecular weight is 286 g/mol. The van der Waals surface area contributed by atoms with Crippen LogP contribution in [0.25, 0.3) is 0 Å². The van der Waals surface area contributed by atoms with Crippen molar-refractivity contribution in [3.05, 3.63) is 34.1 Å². The molecule has 1 aliphatic heterocycles. The first kappa shape index (κ1) is 14.1. The van der Waals surface area contributed by atoms with Crippen LogP contribution in [0.15, 0.2) is 18.2 Å². The number of nitro benzene ring substituents is 1. The van der Waals surface area contributed by atoms with Gasteiger partial charge in [0.15, 0.2) is 11.6 Å². The summed E-state index contributed by atoms with van der Waals surface area (Å²) < 4.78 is 18.9. The summed E-state index contributed by atoms with van der Waals surface area (Å²) in [5, 5.41) is 10.5. The number of nitrogens with zero attached hydrogens (tertiary/aromatic N) is 2. The van der Waals surface area contributed by atoms with Gasteiger partial charge in [0, 0.05) is 37.2 Å². The average Bonchev–Trinajstić information content (AvgIpc) is 2.41. The Balaban J connectivity index is 1.83. The van der Waals surface area contributed by atoms with Crippen molar-refractivity contribution in [3.8, 4) is 5.75 Å². The van der Waals surface area contributed by atoms with Gasteiger partial charge in [-0.2, -0.15) is 11.8 Å². The third-order valence-corrected chi connectivity index (χ3v) is 3.84. The first-order chi connectivity index (χ1) is 9.16. The topological polar surface area (TPSA) is 55.6 Å². The molecule has 1 aromatic carbocycles. The second-order valence-electron chi connectivity index (χ2n) is 4.17. The van der Waals surface area contributed by atoms with Crippen LogP contribution >= 0.6 is 11.8 Å². The van der Waals surface area contributed by atoms with Crippen LogP contribution in [0.2, 0.25) is 0 Å². The van der Waals surface area contributed by atoms with Gasteiger partial charge < -0.3 is 4.74 Å². The van der Waals surface area contributed by atoms with Crippen molar-refractivity contribution < 1.29 is 14.1 Å². The van der Waals surface area contributed by atoms with Gasteiger partial charge in [0.05, 0.1) is 11.0 Å². The van der Waals surface area contributed by atoms with Crippen LogP contribution in [0, 0.1) is 15.9 Å². The molecule has 0 bridgehead atoms. The van der Waals surface area contributed by atoms with Crippen LogP contribution in [0.1, 0.15) is 0 Å². The largest absolute Gasteiger partial charge is 0.489 e. The molecule has 1 heterocycles. The van der Waals surface area contributed by atoms with Crippen LogP contribution in [-0.4, -0.2) is 47.6 Å². The smallest absolute Gasteiger partial charge is 0.272 e. The fourth-order valence-corrected chi connectivity index (χ4v) is 2.81. The fourth-order valence-electron chi connectivity index (χ4n) is 1.83. The van der Waals surface area contributed by atoms with Crippen LogP contribution < -0.4 is 4.74 Å². The second kappa shape index (κ2) is 6.72. The molecule has 0 aliphatic carbocycles. The van der Waals surface area contributed by atoms with Crippen molar-refractivity contribution in [1.29, 1.82) is 0 Å². The Morgan fingerprint density at radius 2 is 2.16 bits per heavy atom. The minimum Gasteiger partial charge on any atom is -0.489 e. The number of halogens is 1. The molecule has 5 nitrogen and oxygen atoms in total. The van der Waals surface area contributed by atoms with Gasteiger partial charge in [-0.1, -0.05) is 0 Å². The summed E-state index contributed by atoms with van der Waals surface area (Å²) in [6.45, 7) is 3.18. The van der Waals surface area contributed by atoms with Gasteiger partial charge in [-0.05, 0) is 6.07 Å². The van der Waals surface area contributed by atoms with Gasteiger partial charge in [0.1, 0.15) is 6.61 Å². The van der Waals surface area contributed by atoms with Crippen molar-refractivity contribution in [3.63, 3.8) is 0 Å². The summed E-state index contributed by atoms with van der Waals surface area (Å²) in [5.41, 5.74) is -0.266. The molecule has 0 saturated carbocycles. The quantitative estimate of drug-likeness (QED) is 0.613. The van der Waals surface area contributed by atoms with Crippen LogP contribution in [0.4, 0.5) is 10.1 Å². The van der Waals surface area contributed by atoms with Gasteiger partial charge in [-0.3, -0.25) is 15.0 Å². The summed E-state index contributed by atoms with van der Waals surface area (Å²) >= 11 is 1.93. The van der Waals surface area contributed by atoms with Crippen molar-refractivity contribution in [1.82, 2.24) is 4.90 Å². The lowest BCUT2D eigenvalue weighted by molar-refractivity contribution is -0.385. The summed E-state index contributed by atoms with van der Waals surface area (Å²) in [6.07, 6.45) is 0. The first-order valence-electron chi connectivity index (χ1n) is 6.03. The number of hydrogen-bond acceptors (Lipinski definition) is 5. The molecule has 0 unspecified atom stereocenters. The van der Waals surface area contributed by atoms with Gasteiger partial charge in [0.25, 0.3) is 5.69 Å². The number of non-ortho nitro benzene ring substituents is 1. The molecular formula is C12H15FN2O3S. The van der Waals surface area contributed by atoms with Crippen molar-refractivity contribution in [2.24, 2.45) is 0 Å². The van der Waals surface area contributed by atoms with E-state index < -0.39 is 10.7 Å². The lowest BCUT2D eigenvalue weighted by atomic mass is 10.3. The number of benzene rings is 1. The first-order valence-corrected chi connectivity index (χ1v) is 7.19. The van der Waals surface area contributed by atoms with E-state index in [0.717, 1.165) is 37.2 Å². The minimum absolute atomic E-state index is 0.0667. The molecule has 1 aromatic rings. The van der Waals surface area contributed by atoms with E-state index in [1.807, 2.05) is 11.8 Å². The van der Waals surface area contributed by atoms with Crippen LogP contribution in [-0.2, 0) is 0 Å². The third-order valence-electron chi connectivity index (χ3n) is 2.90. The summed E-state index contributed by atoms with van der Waals surface area (Å²) in [5.74, 6) is 1.61. The van der Waals surface area contributed by atoms with E-state index in [9.17, 15) is 14.5 Å². The molecule has 0 radical (unpaired) electrons. The molecular weight excluding hydrogens is 271 g/mol. The second-order valence-corrected chi connectivity index (χ2v) is 5.40. The maximum Gasteiger partial charge on any atom is 0.272 e. The fraction of sp³-hybridized carbons (Fsp3) is 0.500. The standard InChI is InChI=1S/C12H15FN2O3S/c13-11-9-10(15(16)17)1-2-12(11)18-6-3-14-4-7-19-8-5-14/h1-2,9H,3-8H2. The SMILES string of the molecule is O=[N+]([O-])c1ccc(OCCN2CCSCC2)c(F)c1. The minimum atomic E-state index is -0.691. The molecule has 0 aromatic heterocycles. The summed E-state index contributed by atoms with van der Waals surface area (Å²) in [7, 11) is 0. The maximum absolute atomic E-state index is 13.5. The van der Waals surface area contributed by atoms with Gasteiger partial charge in [-0.15, -0.1) is 0 Å². The van der Waals surface area contributed by atoms with Crippen molar-refractivity contribution >= 4 is 17.4 Å². The molecule has 1 saturated heterocycles. The van der Waals surface area contributed by atoms with Crippen LogP contribution in [0.5, 0.6) is 5.75 Å². The highest BCUT2D eigenvalue weighted by atomic mass is 32.2. The highest BCUT2D eigenvalue weighted by molar-refractivity contribution is 7.99. The van der Waals surface area contributed by atoms with Crippen LogP contribution in [0.3, 0.4) is 0 Å². The van der Waals surface area contributed by atoms with E-state index in [-0.39, 0.29) is 11.4 Å².